The van der Waals surface area contributed by atoms with E-state index in [9.17, 15) is 4.79 Å². The quantitative estimate of drug-likeness (QED) is 0.910. The standard InChI is InChI=1S/C12H16N4O2S/c1-4-5-6-9-14-15-12(19-9)13-11(17)10-7(2)16-18-8(10)3/h4-6H2,1-3H3,(H,13,15,17). The van der Waals surface area contributed by atoms with Gasteiger partial charge in [0.25, 0.3) is 5.91 Å². The fraction of sp³-hybridized carbons (Fsp3) is 0.500. The van der Waals surface area contributed by atoms with E-state index in [1.54, 1.807) is 13.8 Å². The van der Waals surface area contributed by atoms with E-state index >= 15 is 0 Å². The molecule has 0 radical (unpaired) electrons. The van der Waals surface area contributed by atoms with Crippen molar-refractivity contribution >= 4 is 22.4 Å². The van der Waals surface area contributed by atoms with Gasteiger partial charge in [0.05, 0.1) is 5.69 Å². The zero-order valence-corrected chi connectivity index (χ0v) is 12.0. The molecule has 19 heavy (non-hydrogen) atoms. The maximum Gasteiger partial charge on any atom is 0.263 e. The van der Waals surface area contributed by atoms with E-state index < -0.39 is 0 Å². The number of aromatic nitrogens is 3. The van der Waals surface area contributed by atoms with Crippen LogP contribution in [0.1, 0.15) is 46.6 Å². The first-order chi connectivity index (χ1) is 9.11. The molecule has 102 valence electrons. The maximum atomic E-state index is 12.1. The lowest BCUT2D eigenvalue weighted by Gasteiger charge is -1.99. The predicted octanol–water partition coefficient (Wildman–Crippen LogP) is 2.74. The van der Waals surface area contributed by atoms with Crippen molar-refractivity contribution in [3.05, 3.63) is 22.0 Å². The van der Waals surface area contributed by atoms with Crippen LogP contribution in [0.15, 0.2) is 4.52 Å². The summed E-state index contributed by atoms with van der Waals surface area (Å²) in [5, 5.41) is 15.9. The van der Waals surface area contributed by atoms with E-state index in [0.717, 1.165) is 24.3 Å². The van der Waals surface area contributed by atoms with Crippen LogP contribution in [0.5, 0.6) is 0 Å². The third kappa shape index (κ3) is 3.17. The van der Waals surface area contributed by atoms with Crippen LogP contribution in [-0.2, 0) is 6.42 Å². The first-order valence-corrected chi connectivity index (χ1v) is 7.00. The van der Waals surface area contributed by atoms with Crippen LogP contribution in [0.25, 0.3) is 0 Å². The highest BCUT2D eigenvalue weighted by Gasteiger charge is 2.18. The van der Waals surface area contributed by atoms with Crippen molar-refractivity contribution in [1.29, 1.82) is 0 Å². The fourth-order valence-electron chi connectivity index (χ4n) is 1.70. The fourth-order valence-corrected chi connectivity index (χ4v) is 2.48. The number of unbranched alkanes of at least 4 members (excludes halogenated alkanes) is 1. The van der Waals surface area contributed by atoms with Gasteiger partial charge in [0.15, 0.2) is 0 Å². The molecule has 2 heterocycles. The summed E-state index contributed by atoms with van der Waals surface area (Å²) in [6.07, 6.45) is 3.09. The van der Waals surface area contributed by atoms with Gasteiger partial charge in [-0.3, -0.25) is 10.1 Å². The summed E-state index contributed by atoms with van der Waals surface area (Å²) in [7, 11) is 0. The highest BCUT2D eigenvalue weighted by Crippen LogP contribution is 2.19. The molecular weight excluding hydrogens is 264 g/mol. The van der Waals surface area contributed by atoms with Gasteiger partial charge in [-0.2, -0.15) is 0 Å². The maximum absolute atomic E-state index is 12.1. The van der Waals surface area contributed by atoms with Gasteiger partial charge >= 0.3 is 0 Å². The van der Waals surface area contributed by atoms with Gasteiger partial charge in [-0.15, -0.1) is 10.2 Å². The molecule has 1 amide bonds. The van der Waals surface area contributed by atoms with Crippen molar-refractivity contribution in [3.8, 4) is 0 Å². The van der Waals surface area contributed by atoms with Gasteiger partial charge in [0, 0.05) is 6.42 Å². The van der Waals surface area contributed by atoms with Crippen LogP contribution in [0, 0.1) is 13.8 Å². The largest absolute Gasteiger partial charge is 0.361 e. The zero-order chi connectivity index (χ0) is 13.8. The molecule has 2 aromatic rings. The molecule has 0 fully saturated rings. The van der Waals surface area contributed by atoms with Gasteiger partial charge in [-0.05, 0) is 20.3 Å². The smallest absolute Gasteiger partial charge is 0.263 e. The van der Waals surface area contributed by atoms with Crippen LogP contribution in [0.2, 0.25) is 0 Å². The molecule has 0 bridgehead atoms. The Bertz CT molecular complexity index is 557. The summed E-state index contributed by atoms with van der Waals surface area (Å²) in [5.41, 5.74) is 1.04. The van der Waals surface area contributed by atoms with Gasteiger partial charge in [0.2, 0.25) is 5.13 Å². The Hall–Kier alpha value is -1.76. The van der Waals surface area contributed by atoms with Crippen LogP contribution < -0.4 is 5.32 Å². The third-order valence-electron chi connectivity index (χ3n) is 2.69. The number of nitrogens with zero attached hydrogens (tertiary/aromatic N) is 3. The number of nitrogens with one attached hydrogen (secondary N) is 1. The molecule has 6 nitrogen and oxygen atoms in total. The van der Waals surface area contributed by atoms with Crippen LogP contribution in [-0.4, -0.2) is 21.3 Å². The van der Waals surface area contributed by atoms with Gasteiger partial charge < -0.3 is 4.52 Å². The Balaban J connectivity index is 2.05. The second-order valence-electron chi connectivity index (χ2n) is 4.26. The molecular formula is C12H16N4O2S. The number of anilines is 1. The number of carbonyl (C=O) groups excluding carboxylic acids is 1. The number of hydrogen-bond donors (Lipinski definition) is 1. The zero-order valence-electron chi connectivity index (χ0n) is 11.2. The van der Waals surface area contributed by atoms with Crippen LogP contribution >= 0.6 is 11.3 Å². The minimum atomic E-state index is -0.255. The Morgan fingerprint density at radius 1 is 1.37 bits per heavy atom. The van der Waals surface area contributed by atoms with Gasteiger partial charge in [-0.25, -0.2) is 0 Å². The van der Waals surface area contributed by atoms with E-state index in [0.29, 0.717) is 22.1 Å². The number of carbonyl (C=O) groups is 1. The Kier molecular flexibility index (Phi) is 4.26. The van der Waals surface area contributed by atoms with Crippen molar-refractivity contribution in [1.82, 2.24) is 15.4 Å². The van der Waals surface area contributed by atoms with E-state index in [1.807, 2.05) is 0 Å². The highest BCUT2D eigenvalue weighted by molar-refractivity contribution is 7.15. The average molecular weight is 280 g/mol. The normalized spacial score (nSPS) is 10.7. The van der Waals surface area contributed by atoms with E-state index in [1.165, 1.54) is 11.3 Å². The predicted molar refractivity (Wildman–Crippen MR) is 72.5 cm³/mol. The Labute approximate surface area is 115 Å². The summed E-state index contributed by atoms with van der Waals surface area (Å²) in [6.45, 7) is 5.57. The van der Waals surface area contributed by atoms with Gasteiger partial charge in [0.1, 0.15) is 16.3 Å². The van der Waals surface area contributed by atoms with Crippen LogP contribution in [0.3, 0.4) is 0 Å². The first kappa shape index (κ1) is 13.7. The molecule has 0 aliphatic carbocycles. The number of amides is 1. The molecule has 0 spiro atoms. The van der Waals surface area contributed by atoms with Crippen molar-refractivity contribution in [3.63, 3.8) is 0 Å². The Morgan fingerprint density at radius 2 is 2.16 bits per heavy atom. The van der Waals surface area contributed by atoms with E-state index in [-0.39, 0.29) is 5.91 Å². The first-order valence-electron chi connectivity index (χ1n) is 6.18. The van der Waals surface area contributed by atoms with Crippen molar-refractivity contribution in [2.75, 3.05) is 5.32 Å². The molecule has 0 aliphatic heterocycles. The minimum absolute atomic E-state index is 0.255. The molecule has 0 saturated carbocycles. The van der Waals surface area contributed by atoms with E-state index in [2.05, 4.69) is 27.6 Å². The Morgan fingerprint density at radius 3 is 2.79 bits per heavy atom. The summed E-state index contributed by atoms with van der Waals surface area (Å²) < 4.78 is 4.97. The molecule has 0 saturated heterocycles. The average Bonchev–Trinajstić information content (AvgIpc) is 2.94. The minimum Gasteiger partial charge on any atom is -0.361 e. The lowest BCUT2D eigenvalue weighted by atomic mass is 10.2. The lowest BCUT2D eigenvalue weighted by molar-refractivity contribution is 0.102. The van der Waals surface area contributed by atoms with E-state index in [4.69, 9.17) is 4.52 Å². The molecule has 2 rings (SSSR count). The second kappa shape index (κ2) is 5.92. The van der Waals surface area contributed by atoms with Crippen molar-refractivity contribution in [2.24, 2.45) is 0 Å². The van der Waals surface area contributed by atoms with Crippen LogP contribution in [0.4, 0.5) is 5.13 Å². The molecule has 0 unspecified atom stereocenters. The van der Waals surface area contributed by atoms with Crippen molar-refractivity contribution < 1.29 is 9.32 Å². The second-order valence-corrected chi connectivity index (χ2v) is 5.32. The number of aryl methyl sites for hydroxylation is 3. The van der Waals surface area contributed by atoms with Crippen molar-refractivity contribution in [2.45, 2.75) is 40.0 Å². The molecule has 0 aliphatic rings. The summed E-state index contributed by atoms with van der Waals surface area (Å²) in [6, 6.07) is 0. The molecule has 7 heteroatoms. The topological polar surface area (TPSA) is 80.9 Å². The summed E-state index contributed by atoms with van der Waals surface area (Å²) in [4.78, 5) is 12.1. The monoisotopic (exact) mass is 280 g/mol. The molecule has 0 atom stereocenters. The lowest BCUT2D eigenvalue weighted by Crippen LogP contribution is -2.13. The summed E-state index contributed by atoms with van der Waals surface area (Å²) in [5.74, 6) is 0.250. The molecule has 1 N–H and O–H groups in total. The molecule has 2 aromatic heterocycles. The number of hydrogen-bond acceptors (Lipinski definition) is 6. The SMILES string of the molecule is CCCCc1nnc(NC(=O)c2c(C)noc2C)s1. The highest BCUT2D eigenvalue weighted by atomic mass is 32.1. The molecule has 0 aromatic carbocycles. The summed E-state index contributed by atoms with van der Waals surface area (Å²) >= 11 is 1.40. The third-order valence-corrected chi connectivity index (χ3v) is 3.59. The number of rotatable bonds is 5. The van der Waals surface area contributed by atoms with Gasteiger partial charge in [-0.1, -0.05) is 29.8 Å².